The first-order valence-electron chi connectivity index (χ1n) is 10.1. The molecule has 1 unspecified atom stereocenters. The van der Waals surface area contributed by atoms with Gasteiger partial charge < -0.3 is 15.0 Å². The lowest BCUT2D eigenvalue weighted by atomic mass is 9.87. The van der Waals surface area contributed by atoms with Crippen molar-refractivity contribution in [1.82, 2.24) is 4.90 Å². The van der Waals surface area contributed by atoms with Gasteiger partial charge in [-0.05, 0) is 57.2 Å². The molecule has 4 nitrogen and oxygen atoms in total. The molecule has 26 heavy (non-hydrogen) atoms. The molecule has 1 heterocycles. The molecule has 2 aliphatic rings. The first-order valence-corrected chi connectivity index (χ1v) is 10.1. The van der Waals surface area contributed by atoms with Crippen LogP contribution in [0.25, 0.3) is 0 Å². The number of rotatable bonds is 6. The molecular weight excluding hydrogens is 329 g/mol. The van der Waals surface area contributed by atoms with Crippen LogP contribution in [-0.4, -0.2) is 49.4 Å². The number of piperazine rings is 1. The maximum Gasteiger partial charge on any atom is 0.146 e. The van der Waals surface area contributed by atoms with Gasteiger partial charge in [-0.2, -0.15) is 0 Å². The van der Waals surface area contributed by atoms with E-state index in [1.165, 1.54) is 0 Å². The quantitative estimate of drug-likeness (QED) is 0.779. The second-order valence-electron chi connectivity index (χ2n) is 7.84. The van der Waals surface area contributed by atoms with E-state index in [9.17, 15) is 9.18 Å². The molecule has 1 saturated carbocycles. The molecule has 1 N–H and O–H groups in total. The van der Waals surface area contributed by atoms with Crippen LogP contribution in [-0.2, 0) is 4.79 Å². The summed E-state index contributed by atoms with van der Waals surface area (Å²) in [5, 5.41) is 3.55. The zero-order chi connectivity index (χ0) is 18.5. The predicted molar refractivity (Wildman–Crippen MR) is 105 cm³/mol. The number of benzene rings is 1. The molecule has 5 heteroatoms. The van der Waals surface area contributed by atoms with Crippen molar-refractivity contribution in [3.63, 3.8) is 0 Å². The molecule has 2 fully saturated rings. The Labute approximate surface area is 156 Å². The number of anilines is 2. The highest BCUT2D eigenvalue weighted by molar-refractivity contribution is 5.60. The molecule has 1 aromatic carbocycles. The summed E-state index contributed by atoms with van der Waals surface area (Å²) in [5.41, 5.74) is 1.70. The lowest BCUT2D eigenvalue weighted by molar-refractivity contribution is -0.111. The van der Waals surface area contributed by atoms with Crippen molar-refractivity contribution in [1.29, 1.82) is 0 Å². The van der Waals surface area contributed by atoms with Crippen molar-refractivity contribution >= 4 is 17.7 Å². The zero-order valence-electron chi connectivity index (χ0n) is 16.1. The Morgan fingerprint density at radius 3 is 2.50 bits per heavy atom. The van der Waals surface area contributed by atoms with Gasteiger partial charge in [0.25, 0.3) is 0 Å². The van der Waals surface area contributed by atoms with Gasteiger partial charge >= 0.3 is 0 Å². The number of hydrogen-bond donors (Lipinski definition) is 1. The van der Waals surface area contributed by atoms with Gasteiger partial charge in [-0.3, -0.25) is 4.90 Å². The van der Waals surface area contributed by atoms with Gasteiger partial charge in [0.1, 0.15) is 12.1 Å². The first-order chi connectivity index (χ1) is 12.6. The summed E-state index contributed by atoms with van der Waals surface area (Å²) in [6.07, 6.45) is 6.15. The summed E-state index contributed by atoms with van der Waals surface area (Å²) in [7, 11) is 0. The average Bonchev–Trinajstić information content (AvgIpc) is 2.69. The fourth-order valence-electron chi connectivity index (χ4n) is 4.14. The number of hydrogen-bond acceptors (Lipinski definition) is 4. The first kappa shape index (κ1) is 19.2. The molecule has 1 aromatic rings. The monoisotopic (exact) mass is 361 g/mol. The standard InChI is InChI=1S/C21H32FN3O/c1-3-16(2)24-10-12-25(13-11-24)21-14-19(8-9-20(21)22)23-18-6-4-17(15-26)5-7-18/h8-9,14-18,23H,3-7,10-13H2,1-2H3. The molecule has 1 atom stereocenters. The van der Waals surface area contributed by atoms with Gasteiger partial charge in [-0.15, -0.1) is 0 Å². The predicted octanol–water partition coefficient (Wildman–Crippen LogP) is 3.92. The summed E-state index contributed by atoms with van der Waals surface area (Å²) in [4.78, 5) is 15.6. The van der Waals surface area contributed by atoms with Crippen LogP contribution in [0.15, 0.2) is 18.2 Å². The molecule has 0 aromatic heterocycles. The highest BCUT2D eigenvalue weighted by atomic mass is 19.1. The second kappa shape index (κ2) is 8.85. The van der Waals surface area contributed by atoms with Crippen LogP contribution in [0.2, 0.25) is 0 Å². The number of carbonyl (C=O) groups is 1. The molecule has 1 aliphatic carbocycles. The summed E-state index contributed by atoms with van der Waals surface area (Å²) in [6.45, 7) is 8.20. The summed E-state index contributed by atoms with van der Waals surface area (Å²) in [5.74, 6) is 0.0795. The SMILES string of the molecule is CCC(C)N1CCN(c2cc(NC3CCC(C=O)CC3)ccc2F)CC1. The largest absolute Gasteiger partial charge is 0.382 e. The van der Waals surface area contributed by atoms with E-state index in [2.05, 4.69) is 29.0 Å². The number of nitrogens with zero attached hydrogens (tertiary/aromatic N) is 2. The van der Waals surface area contributed by atoms with Crippen LogP contribution in [0.4, 0.5) is 15.8 Å². The van der Waals surface area contributed by atoms with Gasteiger partial charge in [0.15, 0.2) is 0 Å². The van der Waals surface area contributed by atoms with Gasteiger partial charge in [0.2, 0.25) is 0 Å². The molecule has 1 saturated heterocycles. The van der Waals surface area contributed by atoms with Crippen molar-refractivity contribution in [3.05, 3.63) is 24.0 Å². The lowest BCUT2D eigenvalue weighted by Crippen LogP contribution is -2.49. The minimum absolute atomic E-state index is 0.141. The smallest absolute Gasteiger partial charge is 0.146 e. The topological polar surface area (TPSA) is 35.6 Å². The maximum absolute atomic E-state index is 14.4. The third-order valence-corrected chi connectivity index (χ3v) is 6.15. The summed E-state index contributed by atoms with van der Waals surface area (Å²) >= 11 is 0. The Morgan fingerprint density at radius 2 is 1.88 bits per heavy atom. The van der Waals surface area contributed by atoms with E-state index in [0.29, 0.717) is 17.8 Å². The van der Waals surface area contributed by atoms with E-state index in [1.54, 1.807) is 6.07 Å². The highest BCUT2D eigenvalue weighted by Crippen LogP contribution is 2.29. The Morgan fingerprint density at radius 1 is 1.19 bits per heavy atom. The summed E-state index contributed by atoms with van der Waals surface area (Å²) in [6, 6.07) is 6.35. The van der Waals surface area contributed by atoms with Gasteiger partial charge in [0, 0.05) is 49.9 Å². The van der Waals surface area contributed by atoms with E-state index < -0.39 is 0 Å². The number of nitrogens with one attached hydrogen (secondary N) is 1. The normalized spacial score (nSPS) is 25.7. The van der Waals surface area contributed by atoms with Crippen molar-refractivity contribution < 1.29 is 9.18 Å². The second-order valence-corrected chi connectivity index (χ2v) is 7.84. The fraction of sp³-hybridized carbons (Fsp3) is 0.667. The zero-order valence-corrected chi connectivity index (χ0v) is 16.1. The van der Waals surface area contributed by atoms with Crippen molar-refractivity contribution in [2.75, 3.05) is 36.4 Å². The number of halogens is 1. The van der Waals surface area contributed by atoms with Crippen LogP contribution in [0.5, 0.6) is 0 Å². The molecule has 0 radical (unpaired) electrons. The third kappa shape index (κ3) is 4.56. The van der Waals surface area contributed by atoms with E-state index >= 15 is 0 Å². The Hall–Kier alpha value is -1.62. The van der Waals surface area contributed by atoms with Crippen LogP contribution in [0, 0.1) is 11.7 Å². The molecule has 144 valence electrons. The summed E-state index contributed by atoms with van der Waals surface area (Å²) < 4.78 is 14.4. The van der Waals surface area contributed by atoms with E-state index in [-0.39, 0.29) is 11.7 Å². The third-order valence-electron chi connectivity index (χ3n) is 6.15. The van der Waals surface area contributed by atoms with Crippen LogP contribution in [0.1, 0.15) is 46.0 Å². The Bertz CT molecular complexity index is 593. The lowest BCUT2D eigenvalue weighted by Gasteiger charge is -2.39. The molecule has 1 aliphatic heterocycles. The van der Waals surface area contributed by atoms with Gasteiger partial charge in [-0.25, -0.2) is 4.39 Å². The highest BCUT2D eigenvalue weighted by Gasteiger charge is 2.23. The molecular formula is C21H32FN3O. The number of carbonyl (C=O) groups excluding carboxylic acids is 1. The molecule has 0 amide bonds. The molecule has 0 spiro atoms. The average molecular weight is 362 g/mol. The molecule has 0 bridgehead atoms. The van der Waals surface area contributed by atoms with Gasteiger partial charge in [-0.1, -0.05) is 6.92 Å². The number of aldehydes is 1. The van der Waals surface area contributed by atoms with Crippen molar-refractivity contribution in [2.24, 2.45) is 5.92 Å². The Kier molecular flexibility index (Phi) is 6.52. The minimum Gasteiger partial charge on any atom is -0.382 e. The van der Waals surface area contributed by atoms with Crippen molar-refractivity contribution in [3.8, 4) is 0 Å². The van der Waals surface area contributed by atoms with Crippen LogP contribution in [0.3, 0.4) is 0 Å². The molecule has 3 rings (SSSR count). The Balaban J connectivity index is 1.60. The van der Waals surface area contributed by atoms with E-state index in [4.69, 9.17) is 0 Å². The van der Waals surface area contributed by atoms with Crippen LogP contribution < -0.4 is 10.2 Å². The van der Waals surface area contributed by atoms with E-state index in [1.807, 2.05) is 12.1 Å². The van der Waals surface area contributed by atoms with Gasteiger partial charge in [0.05, 0.1) is 5.69 Å². The minimum atomic E-state index is -0.141. The van der Waals surface area contributed by atoms with Crippen LogP contribution >= 0.6 is 0 Å². The maximum atomic E-state index is 14.4. The van der Waals surface area contributed by atoms with Crippen molar-refractivity contribution in [2.45, 2.75) is 58.0 Å². The van der Waals surface area contributed by atoms with E-state index in [0.717, 1.165) is 70.3 Å². The fourth-order valence-corrected chi connectivity index (χ4v) is 4.14.